The second-order valence-corrected chi connectivity index (χ2v) is 23.9. The Morgan fingerprint density at radius 3 is 0.385 bits per heavy atom. The van der Waals surface area contributed by atoms with Crippen molar-refractivity contribution in [2.75, 3.05) is 0 Å². The van der Waals surface area contributed by atoms with Crippen molar-refractivity contribution in [3.05, 3.63) is 59.2 Å². The molecule has 0 atom stereocenters. The zero-order chi connectivity index (χ0) is 21.2. The van der Waals surface area contributed by atoms with E-state index in [-0.39, 0.29) is 0 Å². The van der Waals surface area contributed by atoms with Crippen LogP contribution in [0.1, 0.15) is 69.2 Å². The van der Waals surface area contributed by atoms with Crippen LogP contribution in [0.4, 0.5) is 0 Å². The van der Waals surface area contributed by atoms with Crippen LogP contribution in [-0.4, -0.2) is 0 Å². The van der Waals surface area contributed by atoms with E-state index in [9.17, 15) is 0 Å². The predicted octanol–water partition coefficient (Wildman–Crippen LogP) is 9.48. The van der Waals surface area contributed by atoms with Gasteiger partial charge in [0.2, 0.25) is 0 Å². The molecule has 0 aromatic heterocycles. The van der Waals surface area contributed by atoms with Crippen LogP contribution in [0, 0.1) is 59.2 Å². The SMILES string of the molecule is C[C]1[C](C)[C](C)[C](C)[C]1C.C[C]1[C](C)[C](C)[C](C)[C]1C.[I][Co][I].[I][Co][I]. The first kappa shape index (κ1) is 32.1. The van der Waals surface area contributed by atoms with Gasteiger partial charge < -0.3 is 0 Å². The Morgan fingerprint density at radius 1 is 0.308 bits per heavy atom. The van der Waals surface area contributed by atoms with Crippen molar-refractivity contribution >= 4 is 81.7 Å². The minimum absolute atomic E-state index is 1.38. The van der Waals surface area contributed by atoms with E-state index < -0.39 is 0 Å². The summed E-state index contributed by atoms with van der Waals surface area (Å²) in [6.07, 6.45) is 0. The fraction of sp³-hybridized carbons (Fsp3) is 0.500. The summed E-state index contributed by atoms with van der Waals surface area (Å²) in [6, 6.07) is 0. The second-order valence-electron chi connectivity index (χ2n) is 6.35. The Hall–Kier alpha value is 3.93. The van der Waals surface area contributed by atoms with Crippen LogP contribution >= 0.6 is 81.7 Å². The fourth-order valence-electron chi connectivity index (χ4n) is 2.81. The van der Waals surface area contributed by atoms with Crippen molar-refractivity contribution in [3.63, 3.8) is 0 Å². The number of rotatable bonds is 0. The number of halogens is 4. The molecule has 0 aliphatic heterocycles. The topological polar surface area (TPSA) is 0 Å². The number of hydrogen-bond acceptors (Lipinski definition) is 0. The van der Waals surface area contributed by atoms with E-state index in [1.807, 2.05) is 0 Å². The van der Waals surface area contributed by atoms with Gasteiger partial charge >= 0.3 is 98.2 Å². The van der Waals surface area contributed by atoms with Crippen LogP contribution in [-0.2, 0) is 16.5 Å². The molecular weight excluding hydrogens is 866 g/mol. The first-order valence-electron chi connectivity index (χ1n) is 8.00. The summed E-state index contributed by atoms with van der Waals surface area (Å²) in [5, 5.41) is 0. The molecule has 156 valence electrons. The molecule has 0 spiro atoms. The molecule has 0 saturated heterocycles. The second kappa shape index (κ2) is 17.5. The summed E-state index contributed by atoms with van der Waals surface area (Å²) in [5.74, 6) is 14.7. The third-order valence-corrected chi connectivity index (χ3v) is 5.62. The van der Waals surface area contributed by atoms with Crippen LogP contribution in [0.5, 0.6) is 0 Å². The van der Waals surface area contributed by atoms with E-state index in [1.165, 1.54) is 75.7 Å². The van der Waals surface area contributed by atoms with Crippen LogP contribution in [0.25, 0.3) is 0 Å². The fourth-order valence-corrected chi connectivity index (χ4v) is 2.81. The van der Waals surface area contributed by atoms with Gasteiger partial charge in [-0.3, -0.25) is 0 Å². The first-order valence-corrected chi connectivity index (χ1v) is 21.4. The van der Waals surface area contributed by atoms with Gasteiger partial charge in [-0.05, 0) is 59.2 Å². The van der Waals surface area contributed by atoms with Gasteiger partial charge in [0.15, 0.2) is 0 Å². The molecule has 0 bridgehead atoms. The van der Waals surface area contributed by atoms with Crippen molar-refractivity contribution < 1.29 is 16.5 Å². The van der Waals surface area contributed by atoms with Crippen molar-refractivity contribution in [2.24, 2.45) is 0 Å². The summed E-state index contributed by atoms with van der Waals surface area (Å²) in [7, 11) is 2.76. The molecule has 0 aromatic carbocycles. The van der Waals surface area contributed by atoms with Crippen LogP contribution in [0.3, 0.4) is 0 Å². The van der Waals surface area contributed by atoms with Crippen LogP contribution in [0.2, 0.25) is 0 Å². The zero-order valence-corrected chi connectivity index (χ0v) is 27.9. The molecule has 2 fully saturated rings. The molecule has 0 amide bonds. The van der Waals surface area contributed by atoms with Gasteiger partial charge in [0.05, 0.1) is 0 Å². The van der Waals surface area contributed by atoms with Crippen molar-refractivity contribution in [1.29, 1.82) is 0 Å². The molecule has 0 aromatic rings. The molecule has 6 heteroatoms. The van der Waals surface area contributed by atoms with Gasteiger partial charge in [-0.25, -0.2) is 0 Å². The van der Waals surface area contributed by atoms with E-state index >= 15 is 0 Å². The number of hydrogen-bond donors (Lipinski definition) is 0. The molecule has 26 heavy (non-hydrogen) atoms. The zero-order valence-electron chi connectivity index (χ0n) is 17.2. The van der Waals surface area contributed by atoms with Crippen molar-refractivity contribution in [1.82, 2.24) is 0 Å². The molecule has 2 saturated carbocycles. The summed E-state index contributed by atoms with van der Waals surface area (Å²) in [5.41, 5.74) is 0. The summed E-state index contributed by atoms with van der Waals surface area (Å²) in [6.45, 7) is 22.0. The average Bonchev–Trinajstić information content (AvgIpc) is 2.87. The Bertz CT molecular complexity index is 224. The molecule has 10 radical (unpaired) electrons. The van der Waals surface area contributed by atoms with Gasteiger partial charge in [0, 0.05) is 0 Å². The van der Waals surface area contributed by atoms with E-state index in [1.54, 1.807) is 0 Å². The van der Waals surface area contributed by atoms with Gasteiger partial charge in [-0.2, -0.15) is 0 Å². The summed E-state index contributed by atoms with van der Waals surface area (Å²) >= 11 is 8.98. The van der Waals surface area contributed by atoms with Crippen molar-refractivity contribution in [3.8, 4) is 0 Å². The molecule has 2 aliphatic rings. The summed E-state index contributed by atoms with van der Waals surface area (Å²) in [4.78, 5) is 0. The van der Waals surface area contributed by atoms with E-state index in [0.717, 1.165) is 0 Å². The third kappa shape index (κ3) is 10.5. The standard InChI is InChI=1S/2C10H15.2Co.4HI/c2*1-6-7(2)9(4)10(5)8(6)3;;;;;;/h2*1-5H3;;;4*1H/q;;2*+2;;;;/p-4. The Labute approximate surface area is 223 Å². The Morgan fingerprint density at radius 2 is 0.346 bits per heavy atom. The van der Waals surface area contributed by atoms with Gasteiger partial charge in [0.25, 0.3) is 0 Å². The monoisotopic (exact) mass is 896 g/mol. The maximum absolute atomic E-state index is 2.24. The third-order valence-electron chi connectivity index (χ3n) is 5.62. The maximum atomic E-state index is 2.24. The Kier molecular flexibility index (Phi) is 21.6. The molecule has 2 aliphatic carbocycles. The normalized spacial score (nSPS) is 23.6. The van der Waals surface area contributed by atoms with Gasteiger partial charge in [-0.1, -0.05) is 69.2 Å². The molecule has 0 N–H and O–H groups in total. The first-order chi connectivity index (χ1) is 11.9. The predicted molar refractivity (Wildman–Crippen MR) is 145 cm³/mol. The average molecular weight is 896 g/mol. The van der Waals surface area contributed by atoms with Crippen LogP contribution in [0.15, 0.2) is 0 Å². The molecule has 0 nitrogen and oxygen atoms in total. The molecular formula is C20H30Co2I4. The quantitative estimate of drug-likeness (QED) is 0.213. The van der Waals surface area contributed by atoms with Gasteiger partial charge in [0.1, 0.15) is 0 Å². The van der Waals surface area contributed by atoms with E-state index in [2.05, 4.69) is 151 Å². The molecule has 2 rings (SSSR count). The van der Waals surface area contributed by atoms with E-state index in [4.69, 9.17) is 0 Å². The molecule has 0 unspecified atom stereocenters. The summed E-state index contributed by atoms with van der Waals surface area (Å²) < 4.78 is 0. The Balaban J connectivity index is 0. The van der Waals surface area contributed by atoms with Gasteiger partial charge in [-0.15, -0.1) is 0 Å². The van der Waals surface area contributed by atoms with Crippen molar-refractivity contribution in [2.45, 2.75) is 69.2 Å². The van der Waals surface area contributed by atoms with E-state index in [0.29, 0.717) is 0 Å². The minimum atomic E-state index is 1.38. The van der Waals surface area contributed by atoms with Crippen LogP contribution < -0.4 is 0 Å². The molecule has 0 heterocycles.